The van der Waals surface area contributed by atoms with E-state index in [1.54, 1.807) is 12.1 Å². The van der Waals surface area contributed by atoms with Crippen molar-refractivity contribution in [3.63, 3.8) is 0 Å². The number of benzene rings is 1. The molecule has 6 nitrogen and oxygen atoms in total. The van der Waals surface area contributed by atoms with Gasteiger partial charge in [-0.05, 0) is 46.5 Å². The van der Waals surface area contributed by atoms with Gasteiger partial charge >= 0.3 is 11.6 Å². The minimum Gasteiger partial charge on any atom is -0.507 e. The third-order valence-electron chi connectivity index (χ3n) is 3.47. The molecule has 1 atom stereocenters. The number of hydrogen-bond acceptors (Lipinski definition) is 5. The molecule has 0 amide bonds. The summed E-state index contributed by atoms with van der Waals surface area (Å²) in [6.45, 7) is 3.95. The lowest BCUT2D eigenvalue weighted by molar-refractivity contribution is -0.140. The van der Waals surface area contributed by atoms with E-state index in [4.69, 9.17) is 4.42 Å². The number of carboxylic acids is 1. The number of aromatic hydroxyl groups is 1. The van der Waals surface area contributed by atoms with Gasteiger partial charge in [0, 0.05) is 11.9 Å². The van der Waals surface area contributed by atoms with Gasteiger partial charge in [0.2, 0.25) is 0 Å². The number of phenolic OH excluding ortho intramolecular Hbond substituents is 1. The maximum Gasteiger partial charge on any atom is 0.350 e. The first-order chi connectivity index (χ1) is 10.8. The van der Waals surface area contributed by atoms with E-state index >= 15 is 0 Å². The van der Waals surface area contributed by atoms with Crippen LogP contribution in [-0.2, 0) is 11.3 Å². The van der Waals surface area contributed by atoms with Crippen molar-refractivity contribution in [1.82, 2.24) is 5.32 Å². The fourth-order valence-corrected chi connectivity index (χ4v) is 2.67. The number of nitrogens with one attached hydrogen (secondary N) is 1. The number of rotatable bonds is 6. The second-order valence-corrected chi connectivity index (χ2v) is 6.62. The van der Waals surface area contributed by atoms with Crippen molar-refractivity contribution in [1.29, 1.82) is 0 Å². The lowest BCUT2D eigenvalue weighted by atomic mass is 10.0. The van der Waals surface area contributed by atoms with Crippen molar-refractivity contribution in [2.45, 2.75) is 32.9 Å². The molecule has 0 saturated carbocycles. The Hall–Kier alpha value is -1.86. The molecule has 0 saturated heterocycles. The van der Waals surface area contributed by atoms with Crippen molar-refractivity contribution >= 4 is 32.9 Å². The minimum absolute atomic E-state index is 0.0517. The minimum atomic E-state index is -0.956. The van der Waals surface area contributed by atoms with Gasteiger partial charge in [-0.3, -0.25) is 4.79 Å². The van der Waals surface area contributed by atoms with Crippen molar-refractivity contribution < 1.29 is 19.4 Å². The van der Waals surface area contributed by atoms with Crippen LogP contribution in [0.3, 0.4) is 0 Å². The van der Waals surface area contributed by atoms with Crippen LogP contribution in [0.1, 0.15) is 25.8 Å². The molecule has 0 aliphatic rings. The molecule has 0 fully saturated rings. The zero-order chi connectivity index (χ0) is 17.1. The Kier molecular flexibility index (Phi) is 5.43. The zero-order valence-corrected chi connectivity index (χ0v) is 14.4. The number of carboxylic acid groups (broad SMARTS) is 1. The highest BCUT2D eigenvalue weighted by Crippen LogP contribution is 2.27. The predicted molar refractivity (Wildman–Crippen MR) is 89.6 cm³/mol. The Morgan fingerprint density at radius 1 is 1.39 bits per heavy atom. The predicted octanol–water partition coefficient (Wildman–Crippen LogP) is 2.85. The monoisotopic (exact) mass is 383 g/mol. The van der Waals surface area contributed by atoms with E-state index < -0.39 is 17.6 Å². The molecule has 0 bridgehead atoms. The van der Waals surface area contributed by atoms with Crippen LogP contribution in [0, 0.1) is 5.92 Å². The van der Waals surface area contributed by atoms with Crippen molar-refractivity contribution in [3.05, 3.63) is 38.7 Å². The average Bonchev–Trinajstić information content (AvgIpc) is 2.46. The Morgan fingerprint density at radius 3 is 2.70 bits per heavy atom. The van der Waals surface area contributed by atoms with Crippen LogP contribution in [0.25, 0.3) is 11.0 Å². The summed E-state index contributed by atoms with van der Waals surface area (Å²) in [7, 11) is 0. The van der Waals surface area contributed by atoms with Crippen molar-refractivity contribution in [2.75, 3.05) is 0 Å². The van der Waals surface area contributed by atoms with Crippen LogP contribution in [0.5, 0.6) is 5.75 Å². The van der Waals surface area contributed by atoms with E-state index in [0.717, 1.165) is 0 Å². The van der Waals surface area contributed by atoms with E-state index in [-0.39, 0.29) is 28.3 Å². The number of hydrogen-bond donors (Lipinski definition) is 3. The normalized spacial score (nSPS) is 12.7. The summed E-state index contributed by atoms with van der Waals surface area (Å²) in [4.78, 5) is 23.0. The number of halogens is 1. The molecule has 1 heterocycles. The van der Waals surface area contributed by atoms with Gasteiger partial charge in [0.1, 0.15) is 21.8 Å². The molecule has 7 heteroatoms. The summed E-state index contributed by atoms with van der Waals surface area (Å²) in [6, 6.07) is 3.98. The Balaban J connectivity index is 2.35. The molecule has 0 unspecified atom stereocenters. The highest BCUT2D eigenvalue weighted by Gasteiger charge is 2.20. The quantitative estimate of drug-likeness (QED) is 0.663. The number of phenols is 1. The molecule has 3 N–H and O–H groups in total. The molecule has 23 heavy (non-hydrogen) atoms. The molecule has 1 aromatic carbocycles. The lowest BCUT2D eigenvalue weighted by Crippen LogP contribution is -2.37. The molecule has 0 spiro atoms. The highest BCUT2D eigenvalue weighted by molar-refractivity contribution is 9.10. The molecule has 0 aliphatic heterocycles. The van der Waals surface area contributed by atoms with Gasteiger partial charge in [-0.2, -0.15) is 0 Å². The van der Waals surface area contributed by atoms with Gasteiger partial charge in [0.05, 0.1) is 5.56 Å². The molecule has 1 aromatic heterocycles. The summed E-state index contributed by atoms with van der Waals surface area (Å²) in [6.07, 6.45) is 0.455. The van der Waals surface area contributed by atoms with Crippen LogP contribution in [-0.4, -0.2) is 22.2 Å². The second kappa shape index (κ2) is 7.14. The van der Waals surface area contributed by atoms with Crippen LogP contribution in [0.2, 0.25) is 0 Å². The van der Waals surface area contributed by atoms with Gasteiger partial charge in [0.25, 0.3) is 0 Å². The van der Waals surface area contributed by atoms with Crippen LogP contribution in [0.4, 0.5) is 0 Å². The Labute approximate surface area is 141 Å². The SMILES string of the molecule is CC(C)C[C@H](NCc1c(O)ccc2cc(Br)c(=O)oc12)C(=O)O. The first-order valence-electron chi connectivity index (χ1n) is 7.20. The standard InChI is InChI=1S/C16H18BrNO5/c1-8(2)5-12(15(20)21)18-7-10-13(19)4-3-9-6-11(17)16(22)23-14(9)10/h3-4,6,8,12,18-19H,5,7H2,1-2H3,(H,20,21)/t12-/m0/s1. The van der Waals surface area contributed by atoms with Crippen molar-refractivity contribution in [2.24, 2.45) is 5.92 Å². The van der Waals surface area contributed by atoms with Gasteiger partial charge in [-0.15, -0.1) is 0 Å². The summed E-state index contributed by atoms with van der Waals surface area (Å²) in [5, 5.41) is 22.8. The smallest absolute Gasteiger partial charge is 0.350 e. The molecule has 2 aromatic rings. The largest absolute Gasteiger partial charge is 0.507 e. The van der Waals surface area contributed by atoms with E-state index in [2.05, 4.69) is 21.2 Å². The highest BCUT2D eigenvalue weighted by atomic mass is 79.9. The van der Waals surface area contributed by atoms with Gasteiger partial charge in [0.15, 0.2) is 0 Å². The summed E-state index contributed by atoms with van der Waals surface area (Å²) in [5.41, 5.74) is 0.0582. The maximum atomic E-state index is 11.7. The molecule has 0 aliphatic carbocycles. The first-order valence-corrected chi connectivity index (χ1v) is 7.99. The van der Waals surface area contributed by atoms with Gasteiger partial charge < -0.3 is 19.9 Å². The molecular formula is C16H18BrNO5. The molecule has 124 valence electrons. The first kappa shape index (κ1) is 17.5. The van der Waals surface area contributed by atoms with E-state index in [1.165, 1.54) is 6.07 Å². The average molecular weight is 384 g/mol. The van der Waals surface area contributed by atoms with E-state index in [0.29, 0.717) is 17.4 Å². The third kappa shape index (κ3) is 4.11. The lowest BCUT2D eigenvalue weighted by Gasteiger charge is -2.17. The maximum absolute atomic E-state index is 11.7. The number of carbonyl (C=O) groups is 1. The van der Waals surface area contributed by atoms with Crippen LogP contribution in [0.15, 0.2) is 31.9 Å². The number of aliphatic carboxylic acids is 1. The topological polar surface area (TPSA) is 99.8 Å². The molecular weight excluding hydrogens is 366 g/mol. The number of fused-ring (bicyclic) bond motifs is 1. The second-order valence-electron chi connectivity index (χ2n) is 5.76. The molecule has 2 rings (SSSR count). The third-order valence-corrected chi connectivity index (χ3v) is 4.02. The molecule has 0 radical (unpaired) electrons. The fourth-order valence-electron chi connectivity index (χ4n) is 2.35. The zero-order valence-electron chi connectivity index (χ0n) is 12.8. The van der Waals surface area contributed by atoms with Gasteiger partial charge in [-0.25, -0.2) is 4.79 Å². The van der Waals surface area contributed by atoms with E-state index in [1.807, 2.05) is 13.8 Å². The summed E-state index contributed by atoms with van der Waals surface area (Å²) < 4.78 is 5.52. The Bertz CT molecular complexity index is 784. The van der Waals surface area contributed by atoms with Crippen LogP contribution >= 0.6 is 15.9 Å². The Morgan fingerprint density at radius 2 is 2.09 bits per heavy atom. The summed E-state index contributed by atoms with van der Waals surface area (Å²) >= 11 is 3.11. The fraction of sp³-hybridized carbons (Fsp3) is 0.375. The van der Waals surface area contributed by atoms with E-state index in [9.17, 15) is 19.8 Å². The van der Waals surface area contributed by atoms with Crippen LogP contribution < -0.4 is 10.9 Å². The summed E-state index contributed by atoms with van der Waals surface area (Å²) in [5.74, 6) is -0.801. The van der Waals surface area contributed by atoms with Crippen molar-refractivity contribution in [3.8, 4) is 5.75 Å². The van der Waals surface area contributed by atoms with Gasteiger partial charge in [-0.1, -0.05) is 13.8 Å².